The van der Waals surface area contributed by atoms with Gasteiger partial charge in [-0.25, -0.2) is 0 Å². The van der Waals surface area contributed by atoms with Crippen LogP contribution in [0.4, 0.5) is 0 Å². The lowest BCUT2D eigenvalue weighted by molar-refractivity contribution is -0.148. The molecule has 0 aliphatic carbocycles. The fraction of sp³-hybridized carbons (Fsp3) is 0.667. The molecule has 0 radical (unpaired) electrons. The fourth-order valence-electron chi connectivity index (χ4n) is 1.12. The number of rotatable bonds is 2. The molecule has 1 rings (SSSR count). The first-order valence-corrected chi connectivity index (χ1v) is 4.19. The topological polar surface area (TPSA) is 35.5 Å². The highest BCUT2D eigenvalue weighted by Crippen LogP contribution is 2.10. The van der Waals surface area contributed by atoms with Gasteiger partial charge in [0.2, 0.25) is 0 Å². The van der Waals surface area contributed by atoms with Gasteiger partial charge in [-0.2, -0.15) is 0 Å². The van der Waals surface area contributed by atoms with Gasteiger partial charge in [0.15, 0.2) is 0 Å². The second-order valence-corrected chi connectivity index (χ2v) is 2.81. The molecule has 2 atom stereocenters. The molecule has 0 amide bonds. The van der Waals surface area contributed by atoms with Crippen molar-refractivity contribution in [3.05, 3.63) is 12.2 Å². The number of hydrogen-bond acceptors (Lipinski definition) is 3. The number of hydrogen-bond donors (Lipinski definition) is 0. The van der Waals surface area contributed by atoms with Gasteiger partial charge in [0, 0.05) is 6.92 Å². The van der Waals surface area contributed by atoms with Crippen molar-refractivity contribution in [2.24, 2.45) is 0 Å². The molecule has 3 nitrogen and oxygen atoms in total. The van der Waals surface area contributed by atoms with Crippen LogP contribution >= 0.6 is 0 Å². The average Bonchev–Trinajstić information content (AvgIpc) is 2.05. The minimum Gasteiger partial charge on any atom is -0.456 e. The Hall–Kier alpha value is -0.830. The summed E-state index contributed by atoms with van der Waals surface area (Å²) in [6.07, 6.45) is 4.79. The molecule has 0 N–H and O–H groups in total. The van der Waals surface area contributed by atoms with Gasteiger partial charge in [-0.05, 0) is 12.5 Å². The molecule has 0 bridgehead atoms. The summed E-state index contributed by atoms with van der Waals surface area (Å²) in [7, 11) is 0. The van der Waals surface area contributed by atoms with Gasteiger partial charge in [-0.15, -0.1) is 0 Å². The van der Waals surface area contributed by atoms with Gasteiger partial charge < -0.3 is 9.47 Å². The minimum atomic E-state index is -0.261. The van der Waals surface area contributed by atoms with Crippen molar-refractivity contribution in [2.45, 2.75) is 32.5 Å². The summed E-state index contributed by atoms with van der Waals surface area (Å²) in [5.74, 6) is -0.261. The van der Waals surface area contributed by atoms with Gasteiger partial charge >= 0.3 is 5.97 Å². The maximum absolute atomic E-state index is 10.6. The molecule has 0 aromatic rings. The van der Waals surface area contributed by atoms with E-state index in [-0.39, 0.29) is 18.2 Å². The number of ether oxygens (including phenoxy) is 2. The summed E-state index contributed by atoms with van der Waals surface area (Å²) in [6, 6.07) is 0. The van der Waals surface area contributed by atoms with Crippen molar-refractivity contribution in [1.82, 2.24) is 0 Å². The van der Waals surface area contributed by atoms with E-state index in [1.54, 1.807) is 0 Å². The maximum atomic E-state index is 10.6. The van der Waals surface area contributed by atoms with Crippen LogP contribution in [0.1, 0.15) is 20.3 Å². The third-order valence-electron chi connectivity index (χ3n) is 1.73. The minimum absolute atomic E-state index is 0.190. The summed E-state index contributed by atoms with van der Waals surface area (Å²) in [5, 5.41) is 0. The molecule has 68 valence electrons. The largest absolute Gasteiger partial charge is 0.456 e. The van der Waals surface area contributed by atoms with Gasteiger partial charge in [0.25, 0.3) is 0 Å². The molecule has 0 saturated heterocycles. The Morgan fingerprint density at radius 3 is 2.83 bits per heavy atom. The van der Waals surface area contributed by atoms with E-state index in [1.165, 1.54) is 6.92 Å². The van der Waals surface area contributed by atoms with E-state index in [0.29, 0.717) is 6.61 Å². The molecule has 1 aliphatic heterocycles. The van der Waals surface area contributed by atoms with E-state index in [0.717, 1.165) is 6.42 Å². The normalized spacial score (nSPS) is 28.5. The van der Waals surface area contributed by atoms with E-state index in [4.69, 9.17) is 9.47 Å². The van der Waals surface area contributed by atoms with Gasteiger partial charge in [-0.1, -0.05) is 13.0 Å². The Balaban J connectivity index is 2.37. The smallest absolute Gasteiger partial charge is 0.303 e. The van der Waals surface area contributed by atoms with Crippen LogP contribution in [-0.2, 0) is 14.3 Å². The van der Waals surface area contributed by atoms with Crippen LogP contribution in [0.15, 0.2) is 12.2 Å². The fourth-order valence-corrected chi connectivity index (χ4v) is 1.12. The molecule has 12 heavy (non-hydrogen) atoms. The SMILES string of the molecule is CCC1C=C[C@H](OC(C)=O)CO1. The highest BCUT2D eigenvalue weighted by Gasteiger charge is 2.16. The quantitative estimate of drug-likeness (QED) is 0.462. The molecule has 0 saturated carbocycles. The summed E-state index contributed by atoms with van der Waals surface area (Å²) < 4.78 is 10.3. The Labute approximate surface area is 72.4 Å². The van der Waals surface area contributed by atoms with Crippen molar-refractivity contribution in [3.63, 3.8) is 0 Å². The lowest BCUT2D eigenvalue weighted by Gasteiger charge is -2.22. The van der Waals surface area contributed by atoms with Crippen LogP contribution in [-0.4, -0.2) is 24.8 Å². The van der Waals surface area contributed by atoms with Gasteiger partial charge in [0.1, 0.15) is 6.10 Å². The Morgan fingerprint density at radius 1 is 1.67 bits per heavy atom. The van der Waals surface area contributed by atoms with Crippen LogP contribution in [0.5, 0.6) is 0 Å². The first-order chi connectivity index (χ1) is 5.72. The van der Waals surface area contributed by atoms with Crippen LogP contribution in [0, 0.1) is 0 Å². The number of carbonyl (C=O) groups excluding carboxylic acids is 1. The molecule has 1 heterocycles. The highest BCUT2D eigenvalue weighted by atomic mass is 16.6. The molecular weight excluding hydrogens is 156 g/mol. The highest BCUT2D eigenvalue weighted by molar-refractivity contribution is 5.66. The van der Waals surface area contributed by atoms with E-state index >= 15 is 0 Å². The standard InChI is InChI=1S/C9H14O3/c1-3-8-4-5-9(6-11-8)12-7(2)10/h4-5,8-9H,3,6H2,1-2H3/t8?,9-/m0/s1. The molecule has 3 heteroatoms. The van der Waals surface area contributed by atoms with Gasteiger partial charge in [-0.3, -0.25) is 4.79 Å². The third kappa shape index (κ3) is 2.66. The Kier molecular flexibility index (Phi) is 3.29. The predicted octanol–water partition coefficient (Wildman–Crippen LogP) is 1.28. The summed E-state index contributed by atoms with van der Waals surface area (Å²) in [6.45, 7) is 3.94. The first-order valence-electron chi connectivity index (χ1n) is 4.19. The lowest BCUT2D eigenvalue weighted by atomic mass is 10.2. The summed E-state index contributed by atoms with van der Waals surface area (Å²) in [4.78, 5) is 10.6. The maximum Gasteiger partial charge on any atom is 0.303 e. The van der Waals surface area contributed by atoms with E-state index in [2.05, 4.69) is 6.92 Å². The molecule has 0 spiro atoms. The second-order valence-electron chi connectivity index (χ2n) is 2.81. The van der Waals surface area contributed by atoms with Crippen molar-refractivity contribution in [2.75, 3.05) is 6.61 Å². The van der Waals surface area contributed by atoms with E-state index in [9.17, 15) is 4.79 Å². The van der Waals surface area contributed by atoms with E-state index < -0.39 is 0 Å². The second kappa shape index (κ2) is 4.26. The molecule has 0 fully saturated rings. The molecule has 0 aromatic carbocycles. The zero-order valence-electron chi connectivity index (χ0n) is 7.45. The first kappa shape index (κ1) is 9.26. The lowest BCUT2D eigenvalue weighted by Crippen LogP contribution is -2.27. The van der Waals surface area contributed by atoms with Crippen LogP contribution in [0.2, 0.25) is 0 Å². The predicted molar refractivity (Wildman–Crippen MR) is 44.7 cm³/mol. The van der Waals surface area contributed by atoms with Crippen LogP contribution < -0.4 is 0 Å². The zero-order valence-corrected chi connectivity index (χ0v) is 7.45. The third-order valence-corrected chi connectivity index (χ3v) is 1.73. The molecule has 1 aliphatic rings. The van der Waals surface area contributed by atoms with Gasteiger partial charge in [0.05, 0.1) is 12.7 Å². The molecule has 0 aromatic heterocycles. The zero-order chi connectivity index (χ0) is 8.97. The van der Waals surface area contributed by atoms with E-state index in [1.807, 2.05) is 12.2 Å². The number of esters is 1. The van der Waals surface area contributed by atoms with Crippen molar-refractivity contribution in [1.29, 1.82) is 0 Å². The summed E-state index contributed by atoms with van der Waals surface area (Å²) in [5.41, 5.74) is 0. The summed E-state index contributed by atoms with van der Waals surface area (Å²) >= 11 is 0. The molecular formula is C9H14O3. The number of carbonyl (C=O) groups is 1. The van der Waals surface area contributed by atoms with Crippen molar-refractivity contribution in [3.8, 4) is 0 Å². The Morgan fingerprint density at radius 2 is 2.42 bits per heavy atom. The average molecular weight is 170 g/mol. The van der Waals surface area contributed by atoms with Crippen LogP contribution in [0.3, 0.4) is 0 Å². The van der Waals surface area contributed by atoms with Crippen molar-refractivity contribution < 1.29 is 14.3 Å². The van der Waals surface area contributed by atoms with Crippen LogP contribution in [0.25, 0.3) is 0 Å². The molecule has 1 unspecified atom stereocenters. The Bertz CT molecular complexity index is 186. The monoisotopic (exact) mass is 170 g/mol. The van der Waals surface area contributed by atoms with Crippen molar-refractivity contribution >= 4 is 5.97 Å².